The summed E-state index contributed by atoms with van der Waals surface area (Å²) in [7, 11) is 2.09. The lowest BCUT2D eigenvalue weighted by Gasteiger charge is -2.08. The maximum Gasteiger partial charge on any atom is 0.331 e. The Kier molecular flexibility index (Phi) is 5.38. The molecular weight excluding hydrogens is 340 g/mol. The predicted molar refractivity (Wildman–Crippen MR) is 118 cm³/mol. The van der Waals surface area contributed by atoms with E-state index >= 15 is 0 Å². The van der Waals surface area contributed by atoms with Gasteiger partial charge < -0.3 is 0 Å². The largest absolute Gasteiger partial charge is 0.331 e. The molecule has 0 aliphatic carbocycles. The zero-order valence-electron chi connectivity index (χ0n) is 17.2. The van der Waals surface area contributed by atoms with Crippen LogP contribution in [0.15, 0.2) is 60.8 Å². The van der Waals surface area contributed by atoms with Crippen molar-refractivity contribution >= 4 is 21.7 Å². The summed E-state index contributed by atoms with van der Waals surface area (Å²) in [6.07, 6.45) is 8.59. The Balaban J connectivity index is 1.74. The molecule has 0 spiro atoms. The van der Waals surface area contributed by atoms with E-state index in [1.165, 1.54) is 65.0 Å². The van der Waals surface area contributed by atoms with Crippen LogP contribution >= 0.6 is 0 Å². The monoisotopic (exact) mass is 369 g/mol. The molecular formula is C26H29N2+. The second-order valence-electron chi connectivity index (χ2n) is 7.86. The minimum atomic E-state index is 1.03. The fourth-order valence-electron chi connectivity index (χ4n) is 4.09. The van der Waals surface area contributed by atoms with Crippen LogP contribution in [-0.2, 0) is 13.5 Å². The molecule has 1 heterocycles. The van der Waals surface area contributed by atoms with Crippen LogP contribution in [0.5, 0.6) is 0 Å². The van der Waals surface area contributed by atoms with Crippen molar-refractivity contribution in [3.63, 3.8) is 0 Å². The Morgan fingerprint density at radius 2 is 1.71 bits per heavy atom. The lowest BCUT2D eigenvalue weighted by molar-refractivity contribution is -0.661. The summed E-state index contributed by atoms with van der Waals surface area (Å²) in [4.78, 5) is 5.11. The fourth-order valence-corrected chi connectivity index (χ4v) is 4.09. The topological polar surface area (TPSA) is 16.8 Å². The van der Waals surface area contributed by atoms with Crippen LogP contribution in [0.25, 0.3) is 33.1 Å². The number of unbranched alkanes of at least 4 members (excludes halogenated alkanes) is 3. The van der Waals surface area contributed by atoms with E-state index in [1.54, 1.807) is 0 Å². The maximum atomic E-state index is 5.11. The smallest absolute Gasteiger partial charge is 0.232 e. The SMILES string of the molecule is CCCCCCc1ccc(-c2nc3c(ccc4ccccc43)c[n+]2C)c(C)c1. The van der Waals surface area contributed by atoms with Gasteiger partial charge in [0.25, 0.3) is 0 Å². The quantitative estimate of drug-likeness (QED) is 0.221. The third kappa shape index (κ3) is 3.64. The average molecular weight is 370 g/mol. The molecule has 1 aromatic heterocycles. The molecule has 0 atom stereocenters. The van der Waals surface area contributed by atoms with Gasteiger partial charge in [0.2, 0.25) is 0 Å². The van der Waals surface area contributed by atoms with Crippen molar-refractivity contribution in [2.75, 3.05) is 0 Å². The number of nitrogens with zero attached hydrogens (tertiary/aromatic N) is 2. The lowest BCUT2D eigenvalue weighted by atomic mass is 10.00. The Labute approximate surface area is 167 Å². The van der Waals surface area contributed by atoms with Crippen LogP contribution < -0.4 is 4.57 Å². The highest BCUT2D eigenvalue weighted by Crippen LogP contribution is 2.26. The van der Waals surface area contributed by atoms with E-state index in [0.29, 0.717) is 0 Å². The number of fused-ring (bicyclic) bond motifs is 3. The minimum absolute atomic E-state index is 1.03. The zero-order valence-corrected chi connectivity index (χ0v) is 17.2. The van der Waals surface area contributed by atoms with Crippen LogP contribution in [0.2, 0.25) is 0 Å². The highest BCUT2D eigenvalue weighted by atomic mass is 15.0. The van der Waals surface area contributed by atoms with Crippen molar-refractivity contribution in [3.8, 4) is 11.4 Å². The summed E-state index contributed by atoms with van der Waals surface area (Å²) in [5.74, 6) is 1.03. The van der Waals surface area contributed by atoms with Crippen LogP contribution in [0, 0.1) is 6.92 Å². The summed E-state index contributed by atoms with van der Waals surface area (Å²) in [5, 5.41) is 3.63. The van der Waals surface area contributed by atoms with E-state index in [4.69, 9.17) is 4.98 Å². The summed E-state index contributed by atoms with van der Waals surface area (Å²) in [5.41, 5.74) is 5.03. The average Bonchev–Trinajstić information content (AvgIpc) is 2.71. The Hall–Kier alpha value is -2.74. The molecule has 2 heteroatoms. The van der Waals surface area contributed by atoms with Crippen LogP contribution in [0.3, 0.4) is 0 Å². The number of aromatic nitrogens is 2. The van der Waals surface area contributed by atoms with Crippen LogP contribution in [-0.4, -0.2) is 4.98 Å². The summed E-state index contributed by atoms with van der Waals surface area (Å²) >= 11 is 0. The first-order valence-electron chi connectivity index (χ1n) is 10.5. The first-order valence-corrected chi connectivity index (χ1v) is 10.5. The van der Waals surface area contributed by atoms with E-state index in [-0.39, 0.29) is 0 Å². The molecule has 0 aliphatic heterocycles. The van der Waals surface area contributed by atoms with Gasteiger partial charge in [-0.3, -0.25) is 0 Å². The molecule has 28 heavy (non-hydrogen) atoms. The van der Waals surface area contributed by atoms with Gasteiger partial charge in [0, 0.05) is 5.39 Å². The zero-order chi connectivity index (χ0) is 19.5. The van der Waals surface area contributed by atoms with E-state index in [9.17, 15) is 0 Å². The first-order chi connectivity index (χ1) is 13.7. The third-order valence-corrected chi connectivity index (χ3v) is 5.67. The normalized spacial score (nSPS) is 11.4. The number of hydrogen-bond acceptors (Lipinski definition) is 1. The highest BCUT2D eigenvalue weighted by molar-refractivity contribution is 6.04. The van der Waals surface area contributed by atoms with E-state index in [0.717, 1.165) is 11.3 Å². The highest BCUT2D eigenvalue weighted by Gasteiger charge is 2.19. The lowest BCUT2D eigenvalue weighted by Crippen LogP contribution is -2.32. The second kappa shape index (κ2) is 8.10. The molecule has 0 N–H and O–H groups in total. The molecule has 0 unspecified atom stereocenters. The van der Waals surface area contributed by atoms with Crippen molar-refractivity contribution < 1.29 is 4.57 Å². The van der Waals surface area contributed by atoms with Gasteiger partial charge in [0.1, 0.15) is 6.20 Å². The Morgan fingerprint density at radius 1 is 0.893 bits per heavy atom. The standard InChI is InChI=1S/C26H29N2/c1-4-5-6-7-10-20-13-16-23(19(2)17-20)26-27-25-22(18-28(26)3)15-14-21-11-8-9-12-24(21)25/h8-9,11-18H,4-7,10H2,1-3H3/q+1. The Bertz CT molecular complexity index is 1130. The molecule has 2 nitrogen and oxygen atoms in total. The molecule has 0 saturated heterocycles. The van der Waals surface area contributed by atoms with Gasteiger partial charge in [0.05, 0.1) is 18.0 Å². The van der Waals surface area contributed by atoms with Crippen LogP contribution in [0.1, 0.15) is 43.7 Å². The van der Waals surface area contributed by atoms with E-state index in [2.05, 4.69) is 86.3 Å². The molecule has 4 rings (SSSR count). The van der Waals surface area contributed by atoms with Gasteiger partial charge >= 0.3 is 5.82 Å². The van der Waals surface area contributed by atoms with Crippen molar-refractivity contribution in [1.29, 1.82) is 0 Å². The summed E-state index contributed by atoms with van der Waals surface area (Å²) in [6.45, 7) is 4.47. The van der Waals surface area contributed by atoms with Gasteiger partial charge in [-0.2, -0.15) is 0 Å². The second-order valence-corrected chi connectivity index (χ2v) is 7.86. The van der Waals surface area contributed by atoms with Crippen molar-refractivity contribution in [1.82, 2.24) is 4.98 Å². The fraction of sp³-hybridized carbons (Fsp3) is 0.308. The van der Waals surface area contributed by atoms with Gasteiger partial charge in [-0.05, 0) is 59.5 Å². The molecule has 0 saturated carbocycles. The number of aryl methyl sites for hydroxylation is 3. The molecule has 142 valence electrons. The number of benzene rings is 3. The third-order valence-electron chi connectivity index (χ3n) is 5.67. The molecule has 0 amide bonds. The first kappa shape index (κ1) is 18.6. The van der Waals surface area contributed by atoms with Crippen molar-refractivity contribution in [3.05, 3.63) is 71.9 Å². The van der Waals surface area contributed by atoms with Gasteiger partial charge in [-0.15, -0.1) is 0 Å². The summed E-state index contributed by atoms with van der Waals surface area (Å²) < 4.78 is 2.15. The molecule has 0 bridgehead atoms. The molecule has 0 fully saturated rings. The number of hydrogen-bond donors (Lipinski definition) is 0. The molecule has 3 aromatic carbocycles. The van der Waals surface area contributed by atoms with Crippen molar-refractivity contribution in [2.24, 2.45) is 7.05 Å². The van der Waals surface area contributed by atoms with Crippen LogP contribution in [0.4, 0.5) is 0 Å². The molecule has 0 aliphatic rings. The van der Waals surface area contributed by atoms with Gasteiger partial charge in [0.15, 0.2) is 5.52 Å². The molecule has 0 radical (unpaired) electrons. The Morgan fingerprint density at radius 3 is 2.54 bits per heavy atom. The maximum absolute atomic E-state index is 5.11. The van der Waals surface area contributed by atoms with Crippen molar-refractivity contribution in [2.45, 2.75) is 46.0 Å². The van der Waals surface area contributed by atoms with Gasteiger partial charge in [-0.25, -0.2) is 4.57 Å². The van der Waals surface area contributed by atoms with E-state index < -0.39 is 0 Å². The molecule has 4 aromatic rings. The minimum Gasteiger partial charge on any atom is -0.232 e. The van der Waals surface area contributed by atoms with E-state index in [1.807, 2.05) is 0 Å². The summed E-state index contributed by atoms with van der Waals surface area (Å²) in [6, 6.07) is 19.7. The van der Waals surface area contributed by atoms with Gasteiger partial charge in [-0.1, -0.05) is 62.6 Å². The predicted octanol–water partition coefficient (Wildman–Crippen LogP) is 6.31. The number of rotatable bonds is 6.